The SMILES string of the molecule is N=C(N)NCC(I)C[C@H](N)C(=O)N[C@H](Cc1c[nH]c2ccccc12)C(=O)NCC(=O)O. The minimum absolute atomic E-state index is 0.0739. The highest BCUT2D eigenvalue weighted by molar-refractivity contribution is 14.1. The highest BCUT2D eigenvalue weighted by atomic mass is 127. The third-order valence-corrected chi connectivity index (χ3v) is 5.46. The second-order valence-electron chi connectivity index (χ2n) is 6.97. The normalized spacial score (nSPS) is 13.7. The average Bonchev–Trinajstić information content (AvgIpc) is 3.12. The smallest absolute Gasteiger partial charge is 0.322 e. The molecule has 1 unspecified atom stereocenters. The number of carboxylic acid groups (broad SMARTS) is 1. The molecule has 10 N–H and O–H groups in total. The summed E-state index contributed by atoms with van der Waals surface area (Å²) in [5, 5.41) is 24.5. The fraction of sp³-hybridized carbons (Fsp3) is 0.368. The molecule has 0 aliphatic carbocycles. The van der Waals surface area contributed by atoms with Crippen LogP contribution in [0, 0.1) is 5.41 Å². The Morgan fingerprint density at radius 3 is 2.58 bits per heavy atom. The molecule has 168 valence electrons. The molecule has 0 saturated carbocycles. The molecule has 0 aliphatic heterocycles. The first-order valence-electron chi connectivity index (χ1n) is 9.49. The third-order valence-electron chi connectivity index (χ3n) is 4.51. The summed E-state index contributed by atoms with van der Waals surface area (Å²) in [4.78, 5) is 39.1. The van der Waals surface area contributed by atoms with Crippen molar-refractivity contribution in [3.8, 4) is 0 Å². The molecular formula is C19H26IN7O4. The van der Waals surface area contributed by atoms with Crippen LogP contribution in [0.1, 0.15) is 12.0 Å². The van der Waals surface area contributed by atoms with Crippen molar-refractivity contribution >= 4 is 57.2 Å². The lowest BCUT2D eigenvalue weighted by Crippen LogP contribution is -2.53. The molecule has 11 nitrogen and oxygen atoms in total. The van der Waals surface area contributed by atoms with Gasteiger partial charge in [-0.25, -0.2) is 0 Å². The van der Waals surface area contributed by atoms with E-state index >= 15 is 0 Å². The van der Waals surface area contributed by atoms with Gasteiger partial charge in [-0.1, -0.05) is 40.8 Å². The van der Waals surface area contributed by atoms with E-state index in [0.717, 1.165) is 16.5 Å². The molecule has 3 atom stereocenters. The fourth-order valence-corrected chi connectivity index (χ4v) is 3.75. The van der Waals surface area contributed by atoms with Crippen molar-refractivity contribution in [3.63, 3.8) is 0 Å². The number of amides is 2. The Bertz CT molecular complexity index is 948. The van der Waals surface area contributed by atoms with Crippen LogP contribution in [0.4, 0.5) is 0 Å². The predicted octanol–water partition coefficient (Wildman–Crippen LogP) is -0.600. The zero-order valence-corrected chi connectivity index (χ0v) is 18.8. The number of fused-ring (bicyclic) bond motifs is 1. The quantitative estimate of drug-likeness (QED) is 0.0801. The molecule has 1 heterocycles. The van der Waals surface area contributed by atoms with Gasteiger partial charge in [0.05, 0.1) is 6.04 Å². The number of aromatic amines is 1. The molecule has 31 heavy (non-hydrogen) atoms. The molecule has 1 aromatic carbocycles. The van der Waals surface area contributed by atoms with Crippen LogP contribution in [-0.2, 0) is 20.8 Å². The van der Waals surface area contributed by atoms with E-state index in [-0.39, 0.29) is 16.3 Å². The highest BCUT2D eigenvalue weighted by Gasteiger charge is 2.26. The number of H-pyrrole nitrogens is 1. The molecule has 1 aromatic heterocycles. The van der Waals surface area contributed by atoms with Crippen LogP contribution in [-0.4, -0.2) is 62.9 Å². The van der Waals surface area contributed by atoms with E-state index in [2.05, 4.69) is 43.5 Å². The van der Waals surface area contributed by atoms with Crippen LogP contribution in [0.25, 0.3) is 10.9 Å². The Morgan fingerprint density at radius 2 is 1.90 bits per heavy atom. The van der Waals surface area contributed by atoms with Gasteiger partial charge in [-0.3, -0.25) is 19.8 Å². The zero-order chi connectivity index (χ0) is 23.0. The summed E-state index contributed by atoms with van der Waals surface area (Å²) in [6.07, 6.45) is 2.21. The highest BCUT2D eigenvalue weighted by Crippen LogP contribution is 2.19. The largest absolute Gasteiger partial charge is 0.480 e. The molecule has 0 spiro atoms. The number of carbonyl (C=O) groups is 3. The van der Waals surface area contributed by atoms with E-state index in [1.165, 1.54) is 0 Å². The number of guanidine groups is 1. The van der Waals surface area contributed by atoms with Crippen LogP contribution < -0.4 is 27.4 Å². The van der Waals surface area contributed by atoms with E-state index in [0.29, 0.717) is 13.0 Å². The van der Waals surface area contributed by atoms with Gasteiger partial charge >= 0.3 is 5.97 Å². The van der Waals surface area contributed by atoms with Crippen LogP contribution >= 0.6 is 22.6 Å². The molecule has 2 amide bonds. The summed E-state index contributed by atoms with van der Waals surface area (Å²) in [7, 11) is 0. The molecule has 0 fully saturated rings. The Kier molecular flexibility index (Phi) is 9.05. The lowest BCUT2D eigenvalue weighted by molar-refractivity contribution is -0.138. The van der Waals surface area contributed by atoms with Crippen LogP contribution in [0.15, 0.2) is 30.5 Å². The van der Waals surface area contributed by atoms with Gasteiger partial charge < -0.3 is 37.5 Å². The first-order chi connectivity index (χ1) is 14.7. The molecule has 0 aliphatic rings. The number of nitrogens with two attached hydrogens (primary N) is 2. The van der Waals surface area contributed by atoms with E-state index in [9.17, 15) is 14.4 Å². The molecule has 0 bridgehead atoms. The van der Waals surface area contributed by atoms with Gasteiger partial charge in [0.1, 0.15) is 12.6 Å². The summed E-state index contributed by atoms with van der Waals surface area (Å²) < 4.78 is -0.0739. The molecule has 2 aromatic rings. The Labute approximate surface area is 192 Å². The number of hydrogen-bond acceptors (Lipinski definition) is 5. The summed E-state index contributed by atoms with van der Waals surface area (Å²) in [6.45, 7) is -0.188. The van der Waals surface area contributed by atoms with Crippen LogP contribution in [0.2, 0.25) is 0 Å². The predicted molar refractivity (Wildman–Crippen MR) is 125 cm³/mol. The average molecular weight is 543 g/mol. The maximum Gasteiger partial charge on any atom is 0.322 e. The second-order valence-corrected chi connectivity index (χ2v) is 8.73. The molecule has 0 saturated heterocycles. The summed E-state index contributed by atoms with van der Waals surface area (Å²) in [5.74, 6) is -2.50. The monoisotopic (exact) mass is 543 g/mol. The van der Waals surface area contributed by atoms with Gasteiger partial charge in [0.2, 0.25) is 11.8 Å². The summed E-state index contributed by atoms with van der Waals surface area (Å²) in [6, 6.07) is 5.63. The van der Waals surface area contributed by atoms with E-state index in [1.54, 1.807) is 6.20 Å². The minimum Gasteiger partial charge on any atom is -0.480 e. The number of alkyl halides is 1. The Hall–Kier alpha value is -2.87. The number of para-hydroxylation sites is 1. The summed E-state index contributed by atoms with van der Waals surface area (Å²) in [5.41, 5.74) is 12.9. The Morgan fingerprint density at radius 1 is 1.19 bits per heavy atom. The number of halogens is 1. The number of carbonyl (C=O) groups excluding carboxylic acids is 2. The molecule has 0 radical (unpaired) electrons. The maximum atomic E-state index is 12.6. The van der Waals surface area contributed by atoms with Gasteiger partial charge in [0, 0.05) is 34.0 Å². The summed E-state index contributed by atoms with van der Waals surface area (Å²) >= 11 is 2.09. The van der Waals surface area contributed by atoms with E-state index in [1.807, 2.05) is 24.3 Å². The third kappa shape index (κ3) is 7.71. The van der Waals surface area contributed by atoms with Gasteiger partial charge in [0.25, 0.3) is 0 Å². The second kappa shape index (κ2) is 11.5. The van der Waals surface area contributed by atoms with Gasteiger partial charge in [-0.2, -0.15) is 0 Å². The standard InChI is InChI=1S/C19H26IN7O4/c20-11(8-26-19(22)23)6-13(21)17(30)27-15(18(31)25-9-16(28)29)5-10-7-24-14-4-2-1-3-12(10)14/h1-4,7,11,13,15,24H,5-6,8-9,21H2,(H,25,31)(H,27,30)(H,28,29)(H4,22,23,26)/t11?,13-,15+/m0/s1. The van der Waals surface area contributed by atoms with Crippen molar-refractivity contribution < 1.29 is 19.5 Å². The van der Waals surface area contributed by atoms with Gasteiger partial charge in [-0.05, 0) is 18.1 Å². The van der Waals surface area contributed by atoms with Gasteiger partial charge in [0.15, 0.2) is 5.96 Å². The number of rotatable bonds is 11. The number of carboxylic acids is 1. The van der Waals surface area contributed by atoms with Crippen LogP contribution in [0.5, 0.6) is 0 Å². The lowest BCUT2D eigenvalue weighted by atomic mass is 10.0. The van der Waals surface area contributed by atoms with Crippen molar-refractivity contribution in [3.05, 3.63) is 36.0 Å². The topological polar surface area (TPSA) is 199 Å². The number of nitrogens with one attached hydrogen (secondary N) is 5. The van der Waals surface area contributed by atoms with E-state index in [4.69, 9.17) is 22.0 Å². The lowest BCUT2D eigenvalue weighted by Gasteiger charge is -2.21. The van der Waals surface area contributed by atoms with E-state index < -0.39 is 36.4 Å². The van der Waals surface area contributed by atoms with Crippen molar-refractivity contribution in [2.24, 2.45) is 11.5 Å². The number of aliphatic carboxylic acids is 1. The van der Waals surface area contributed by atoms with Crippen LogP contribution in [0.3, 0.4) is 0 Å². The van der Waals surface area contributed by atoms with Crippen molar-refractivity contribution in [1.29, 1.82) is 5.41 Å². The number of benzene rings is 1. The Balaban J connectivity index is 2.08. The molecule has 2 rings (SSSR count). The molecular weight excluding hydrogens is 517 g/mol. The first kappa shape index (κ1) is 24.4. The maximum absolute atomic E-state index is 12.6. The number of hydrogen-bond donors (Lipinski definition) is 8. The fourth-order valence-electron chi connectivity index (χ4n) is 2.98. The van der Waals surface area contributed by atoms with Gasteiger partial charge in [-0.15, -0.1) is 0 Å². The van der Waals surface area contributed by atoms with Crippen molar-refractivity contribution in [2.75, 3.05) is 13.1 Å². The first-order valence-corrected chi connectivity index (χ1v) is 10.7. The molecule has 12 heteroatoms. The zero-order valence-electron chi connectivity index (χ0n) is 16.7. The minimum atomic E-state index is -1.19. The van der Waals surface area contributed by atoms with Crippen molar-refractivity contribution in [2.45, 2.75) is 28.8 Å². The van der Waals surface area contributed by atoms with Crippen molar-refractivity contribution in [1.82, 2.24) is 20.9 Å². The number of aromatic nitrogens is 1.